The Kier molecular flexibility index (Phi) is 23.7. The standard InChI is InChI=1S/C15H30O.C9H18O/c1-3-5-7-9-10-12-14-15(16)13-11-8-6-4-2;1-4-5-6-7-9(10)8(2)3/h3-14H2,1-2H3;8H,4-7H2,1-3H3. The number of unbranched alkanes of at least 4 members (excludes halogenated alkanes) is 10. The number of carbonyl (C=O) groups is 2. The zero-order valence-electron chi connectivity index (χ0n) is 18.7. The monoisotopic (exact) mass is 368 g/mol. The zero-order valence-corrected chi connectivity index (χ0v) is 18.7. The van der Waals surface area contributed by atoms with Gasteiger partial charge in [0.25, 0.3) is 0 Å². The highest BCUT2D eigenvalue weighted by atomic mass is 16.1. The van der Waals surface area contributed by atoms with Gasteiger partial charge >= 0.3 is 0 Å². The van der Waals surface area contributed by atoms with Gasteiger partial charge in [0.05, 0.1) is 0 Å². The Labute approximate surface area is 164 Å². The molecule has 0 heterocycles. The molecule has 0 aliphatic rings. The smallest absolute Gasteiger partial charge is 0.135 e. The molecule has 2 nitrogen and oxygen atoms in total. The van der Waals surface area contributed by atoms with Gasteiger partial charge in [-0.3, -0.25) is 9.59 Å². The van der Waals surface area contributed by atoms with Crippen LogP contribution >= 0.6 is 0 Å². The summed E-state index contributed by atoms with van der Waals surface area (Å²) < 4.78 is 0. The largest absolute Gasteiger partial charge is 0.300 e. The fourth-order valence-electron chi connectivity index (χ4n) is 2.81. The van der Waals surface area contributed by atoms with Crippen LogP contribution in [0.2, 0.25) is 0 Å². The maximum Gasteiger partial charge on any atom is 0.135 e. The summed E-state index contributed by atoms with van der Waals surface area (Å²) in [7, 11) is 0. The van der Waals surface area contributed by atoms with Crippen LogP contribution in [0.1, 0.15) is 137 Å². The van der Waals surface area contributed by atoms with Gasteiger partial charge in [0.1, 0.15) is 11.6 Å². The van der Waals surface area contributed by atoms with Crippen molar-refractivity contribution in [2.75, 3.05) is 0 Å². The summed E-state index contributed by atoms with van der Waals surface area (Å²) in [5.41, 5.74) is 0. The maximum atomic E-state index is 11.5. The number of ketones is 2. The Hall–Kier alpha value is -0.660. The van der Waals surface area contributed by atoms with Crippen molar-refractivity contribution in [2.24, 2.45) is 5.92 Å². The normalized spacial score (nSPS) is 10.5. The number of hydrogen-bond donors (Lipinski definition) is 0. The average molecular weight is 369 g/mol. The van der Waals surface area contributed by atoms with E-state index in [9.17, 15) is 9.59 Å². The summed E-state index contributed by atoms with van der Waals surface area (Å²) >= 11 is 0. The molecule has 0 rings (SSSR count). The highest BCUT2D eigenvalue weighted by molar-refractivity contribution is 5.80. The van der Waals surface area contributed by atoms with Crippen LogP contribution in [0.5, 0.6) is 0 Å². The van der Waals surface area contributed by atoms with Gasteiger partial charge in [-0.25, -0.2) is 0 Å². The van der Waals surface area contributed by atoms with Crippen molar-refractivity contribution in [3.05, 3.63) is 0 Å². The molecular formula is C24H48O2. The molecule has 0 aromatic heterocycles. The summed E-state index contributed by atoms with van der Waals surface area (Å²) in [6.07, 6.45) is 18.5. The third kappa shape index (κ3) is 23.3. The van der Waals surface area contributed by atoms with Crippen LogP contribution in [-0.4, -0.2) is 11.6 Å². The van der Waals surface area contributed by atoms with Crippen molar-refractivity contribution >= 4 is 11.6 Å². The second-order valence-corrected chi connectivity index (χ2v) is 7.95. The van der Waals surface area contributed by atoms with E-state index in [4.69, 9.17) is 0 Å². The van der Waals surface area contributed by atoms with Crippen molar-refractivity contribution in [1.29, 1.82) is 0 Å². The van der Waals surface area contributed by atoms with E-state index in [1.807, 2.05) is 13.8 Å². The first-order valence-electron chi connectivity index (χ1n) is 11.5. The summed E-state index contributed by atoms with van der Waals surface area (Å²) in [5.74, 6) is 1.14. The molecule has 0 N–H and O–H groups in total. The van der Waals surface area contributed by atoms with Crippen LogP contribution < -0.4 is 0 Å². The van der Waals surface area contributed by atoms with Gasteiger partial charge < -0.3 is 0 Å². The van der Waals surface area contributed by atoms with Gasteiger partial charge in [-0.2, -0.15) is 0 Å². The van der Waals surface area contributed by atoms with Crippen LogP contribution in [0.4, 0.5) is 0 Å². The average Bonchev–Trinajstić information content (AvgIpc) is 2.62. The quantitative estimate of drug-likeness (QED) is 0.243. The van der Waals surface area contributed by atoms with Crippen LogP contribution in [0.15, 0.2) is 0 Å². The second-order valence-electron chi connectivity index (χ2n) is 7.95. The van der Waals surface area contributed by atoms with Crippen LogP contribution in [0, 0.1) is 5.92 Å². The lowest BCUT2D eigenvalue weighted by Crippen LogP contribution is -2.05. The summed E-state index contributed by atoms with van der Waals surface area (Å²) in [6, 6.07) is 0. The Balaban J connectivity index is 0. The molecule has 0 spiro atoms. The lowest BCUT2D eigenvalue weighted by Gasteiger charge is -2.01. The number of rotatable bonds is 17. The highest BCUT2D eigenvalue weighted by Crippen LogP contribution is 2.10. The van der Waals surface area contributed by atoms with Gasteiger partial charge in [-0.1, -0.05) is 98.8 Å². The minimum absolute atomic E-state index is 0.233. The van der Waals surface area contributed by atoms with Crippen molar-refractivity contribution in [2.45, 2.75) is 137 Å². The Morgan fingerprint density at radius 2 is 0.885 bits per heavy atom. The molecule has 0 aromatic carbocycles. The van der Waals surface area contributed by atoms with E-state index in [1.54, 1.807) is 0 Å². The van der Waals surface area contributed by atoms with Crippen molar-refractivity contribution in [1.82, 2.24) is 0 Å². The first-order chi connectivity index (χ1) is 12.5. The highest BCUT2D eigenvalue weighted by Gasteiger charge is 2.05. The summed E-state index contributed by atoms with van der Waals surface area (Å²) in [5, 5.41) is 0. The molecule has 156 valence electrons. The topological polar surface area (TPSA) is 34.1 Å². The molecule has 26 heavy (non-hydrogen) atoms. The van der Waals surface area contributed by atoms with Gasteiger partial charge in [-0.15, -0.1) is 0 Å². The lowest BCUT2D eigenvalue weighted by atomic mass is 10.0. The SMILES string of the molecule is CCCCCC(=O)C(C)C.CCCCCCCCC(=O)CCCCCC. The Morgan fingerprint density at radius 1 is 0.538 bits per heavy atom. The van der Waals surface area contributed by atoms with Crippen LogP contribution in [-0.2, 0) is 9.59 Å². The fourth-order valence-corrected chi connectivity index (χ4v) is 2.81. The van der Waals surface area contributed by atoms with Crippen molar-refractivity contribution in [3.8, 4) is 0 Å². The molecule has 0 saturated carbocycles. The second kappa shape index (κ2) is 22.4. The van der Waals surface area contributed by atoms with E-state index in [0.29, 0.717) is 11.6 Å². The molecule has 0 bridgehead atoms. The first-order valence-corrected chi connectivity index (χ1v) is 11.5. The van der Waals surface area contributed by atoms with Gasteiger partial charge in [-0.05, 0) is 19.3 Å². The van der Waals surface area contributed by atoms with E-state index in [-0.39, 0.29) is 5.92 Å². The molecule has 0 unspecified atom stereocenters. The maximum absolute atomic E-state index is 11.5. The Bertz CT molecular complexity index is 307. The van der Waals surface area contributed by atoms with E-state index >= 15 is 0 Å². The zero-order chi connectivity index (χ0) is 20.0. The van der Waals surface area contributed by atoms with Crippen molar-refractivity contribution < 1.29 is 9.59 Å². The first kappa shape index (κ1) is 27.6. The summed E-state index contributed by atoms with van der Waals surface area (Å²) in [4.78, 5) is 22.5. The molecule has 0 aliphatic heterocycles. The molecule has 0 amide bonds. The van der Waals surface area contributed by atoms with Crippen LogP contribution in [0.25, 0.3) is 0 Å². The van der Waals surface area contributed by atoms with Gasteiger partial charge in [0.15, 0.2) is 0 Å². The number of carbonyl (C=O) groups excluding carboxylic acids is 2. The molecule has 0 atom stereocenters. The molecular weight excluding hydrogens is 320 g/mol. The number of hydrogen-bond acceptors (Lipinski definition) is 2. The predicted octanol–water partition coefficient (Wildman–Crippen LogP) is 8.07. The predicted molar refractivity (Wildman–Crippen MR) is 116 cm³/mol. The van der Waals surface area contributed by atoms with E-state index in [2.05, 4.69) is 20.8 Å². The number of Topliss-reactive ketones (excluding diaryl/α,β-unsaturated/α-hetero) is 2. The van der Waals surface area contributed by atoms with E-state index in [0.717, 1.165) is 38.5 Å². The molecule has 0 aliphatic carbocycles. The van der Waals surface area contributed by atoms with E-state index in [1.165, 1.54) is 64.2 Å². The molecule has 0 saturated heterocycles. The molecule has 0 aromatic rings. The van der Waals surface area contributed by atoms with E-state index < -0.39 is 0 Å². The minimum atomic E-state index is 0.233. The van der Waals surface area contributed by atoms with Crippen molar-refractivity contribution in [3.63, 3.8) is 0 Å². The van der Waals surface area contributed by atoms with Gasteiger partial charge in [0.2, 0.25) is 0 Å². The minimum Gasteiger partial charge on any atom is -0.300 e. The summed E-state index contributed by atoms with van der Waals surface area (Å²) in [6.45, 7) is 10.5. The third-order valence-electron chi connectivity index (χ3n) is 4.79. The molecule has 2 heteroatoms. The Morgan fingerprint density at radius 3 is 1.35 bits per heavy atom. The van der Waals surface area contributed by atoms with Crippen LogP contribution in [0.3, 0.4) is 0 Å². The van der Waals surface area contributed by atoms with Gasteiger partial charge in [0, 0.05) is 25.2 Å². The fraction of sp³-hybridized carbons (Fsp3) is 0.917. The molecule has 0 fully saturated rings. The third-order valence-corrected chi connectivity index (χ3v) is 4.79. The lowest BCUT2D eigenvalue weighted by molar-refractivity contribution is -0.122. The molecule has 0 radical (unpaired) electrons.